The zero-order valence-corrected chi connectivity index (χ0v) is 18.9. The molecule has 10 heteroatoms. The van der Waals surface area contributed by atoms with Crippen LogP contribution in [0.2, 0.25) is 0 Å². The van der Waals surface area contributed by atoms with E-state index >= 15 is 0 Å². The van der Waals surface area contributed by atoms with Crippen LogP contribution in [0.5, 0.6) is 5.06 Å². The maximum absolute atomic E-state index is 12.6. The molecule has 32 heavy (non-hydrogen) atoms. The number of carbonyl (C=O) groups excluding carboxylic acids is 2. The summed E-state index contributed by atoms with van der Waals surface area (Å²) in [5.74, 6) is 0.172. The molecule has 1 aliphatic rings. The number of nitrogens with two attached hydrogens (primary N) is 1. The molecule has 0 aliphatic carbocycles. The number of hydrogen-bond donors (Lipinski definition) is 2. The minimum absolute atomic E-state index is 0.0565. The number of nitrogens with one attached hydrogen (secondary N) is 1. The van der Waals surface area contributed by atoms with Gasteiger partial charge in [-0.15, -0.1) is 11.3 Å². The van der Waals surface area contributed by atoms with Crippen LogP contribution in [0.4, 0.5) is 5.82 Å². The fourth-order valence-corrected chi connectivity index (χ4v) is 3.95. The van der Waals surface area contributed by atoms with Crippen molar-refractivity contribution in [3.63, 3.8) is 0 Å². The highest BCUT2D eigenvalue weighted by Crippen LogP contribution is 2.23. The quantitative estimate of drug-likeness (QED) is 0.571. The summed E-state index contributed by atoms with van der Waals surface area (Å²) >= 11 is 1.50. The van der Waals surface area contributed by atoms with Crippen LogP contribution in [0.1, 0.15) is 17.4 Å². The van der Waals surface area contributed by atoms with Crippen molar-refractivity contribution in [2.24, 2.45) is 0 Å². The highest BCUT2D eigenvalue weighted by Gasteiger charge is 2.27. The summed E-state index contributed by atoms with van der Waals surface area (Å²) in [6.07, 6.45) is 2.68. The molecule has 0 atom stereocenters. The molecule has 0 unspecified atom stereocenters. The SMILES string of the molecule is CC=N.Cc1ccc(OCC(=O)N2CCN(Cc3ccc4c(N)ncnc4c3)C(=O)C2)s1. The van der Waals surface area contributed by atoms with E-state index in [1.165, 1.54) is 23.9 Å². The van der Waals surface area contributed by atoms with Crippen molar-refractivity contribution in [2.75, 3.05) is 32.0 Å². The normalized spacial score (nSPS) is 13.5. The third kappa shape index (κ3) is 5.79. The molecule has 168 valence electrons. The van der Waals surface area contributed by atoms with Gasteiger partial charge < -0.3 is 25.7 Å². The minimum atomic E-state index is -0.179. The van der Waals surface area contributed by atoms with Crippen LogP contribution in [-0.4, -0.2) is 64.0 Å². The van der Waals surface area contributed by atoms with Crippen molar-refractivity contribution in [1.82, 2.24) is 19.8 Å². The topological polar surface area (TPSA) is 126 Å². The molecular weight excluding hydrogens is 428 g/mol. The van der Waals surface area contributed by atoms with Crippen molar-refractivity contribution < 1.29 is 14.3 Å². The van der Waals surface area contributed by atoms with Crippen LogP contribution in [-0.2, 0) is 16.1 Å². The second-order valence-corrected chi connectivity index (χ2v) is 8.43. The molecule has 2 aromatic heterocycles. The van der Waals surface area contributed by atoms with E-state index in [4.69, 9.17) is 15.9 Å². The monoisotopic (exact) mass is 454 g/mol. The van der Waals surface area contributed by atoms with Crippen LogP contribution >= 0.6 is 11.3 Å². The largest absolute Gasteiger partial charge is 0.474 e. The molecule has 2 amide bonds. The predicted octanol–water partition coefficient (Wildman–Crippen LogP) is 2.49. The molecule has 3 aromatic rings. The highest BCUT2D eigenvalue weighted by molar-refractivity contribution is 7.13. The number of fused-ring (bicyclic) bond motifs is 1. The van der Waals surface area contributed by atoms with E-state index in [0.29, 0.717) is 30.5 Å². The molecule has 1 aromatic carbocycles. The van der Waals surface area contributed by atoms with Gasteiger partial charge in [-0.3, -0.25) is 9.59 Å². The molecule has 0 bridgehead atoms. The fraction of sp³-hybridized carbons (Fsp3) is 0.318. The molecule has 1 fully saturated rings. The second-order valence-electron chi connectivity index (χ2n) is 7.18. The smallest absolute Gasteiger partial charge is 0.261 e. The Balaban J connectivity index is 0.000000913. The van der Waals surface area contributed by atoms with Gasteiger partial charge in [-0.1, -0.05) is 6.07 Å². The van der Waals surface area contributed by atoms with E-state index < -0.39 is 0 Å². The summed E-state index contributed by atoms with van der Waals surface area (Å²) in [5.41, 5.74) is 7.56. The first-order chi connectivity index (χ1) is 15.4. The molecule has 9 nitrogen and oxygen atoms in total. The van der Waals surface area contributed by atoms with Gasteiger partial charge in [-0.2, -0.15) is 0 Å². The molecule has 3 heterocycles. The third-order valence-corrected chi connectivity index (χ3v) is 5.74. The summed E-state index contributed by atoms with van der Waals surface area (Å²) in [6, 6.07) is 9.49. The number of nitrogen functional groups attached to an aromatic ring is 1. The zero-order valence-electron chi connectivity index (χ0n) is 18.1. The van der Waals surface area contributed by atoms with Crippen LogP contribution in [0.15, 0.2) is 36.7 Å². The molecule has 0 spiro atoms. The van der Waals surface area contributed by atoms with E-state index in [-0.39, 0.29) is 25.0 Å². The van der Waals surface area contributed by atoms with Crippen LogP contribution in [0, 0.1) is 12.3 Å². The number of ether oxygens (including phenoxy) is 1. The van der Waals surface area contributed by atoms with Gasteiger partial charge in [0.05, 0.1) is 12.1 Å². The molecule has 0 radical (unpaired) electrons. The summed E-state index contributed by atoms with van der Waals surface area (Å²) in [6.45, 7) is 5.08. The first-order valence-corrected chi connectivity index (χ1v) is 10.9. The van der Waals surface area contributed by atoms with Gasteiger partial charge in [0.15, 0.2) is 11.7 Å². The van der Waals surface area contributed by atoms with Crippen LogP contribution < -0.4 is 10.5 Å². The van der Waals surface area contributed by atoms with Crippen molar-refractivity contribution in [2.45, 2.75) is 20.4 Å². The highest BCUT2D eigenvalue weighted by atomic mass is 32.1. The van der Waals surface area contributed by atoms with Crippen molar-refractivity contribution in [1.29, 1.82) is 5.41 Å². The van der Waals surface area contributed by atoms with Gasteiger partial charge in [-0.25, -0.2) is 9.97 Å². The standard InChI is InChI=1S/C20H21N5O3S.C2H5N/c1-13-2-5-19(29-13)28-11-18(27)25-7-6-24(17(26)10-25)9-14-3-4-15-16(8-14)22-12-23-20(15)21;1-2-3/h2-5,8,12H,6-7,9-11H2,1H3,(H2,21,22,23);2-3H,1H3. The Labute approximate surface area is 190 Å². The van der Waals surface area contributed by atoms with E-state index in [2.05, 4.69) is 9.97 Å². The number of amides is 2. The van der Waals surface area contributed by atoms with Crippen molar-refractivity contribution >= 4 is 46.1 Å². The Morgan fingerprint density at radius 2 is 2.06 bits per heavy atom. The fourth-order valence-electron chi connectivity index (χ4n) is 3.24. The van der Waals surface area contributed by atoms with Gasteiger partial charge in [0.25, 0.3) is 5.91 Å². The Hall–Kier alpha value is -3.53. The van der Waals surface area contributed by atoms with Crippen molar-refractivity contribution in [3.05, 3.63) is 47.1 Å². The molecule has 1 saturated heterocycles. The van der Waals surface area contributed by atoms with Gasteiger partial charge in [-0.05, 0) is 49.9 Å². The first kappa shape index (κ1) is 23.1. The molecule has 3 N–H and O–H groups in total. The number of carbonyl (C=O) groups is 2. The number of hydrogen-bond acceptors (Lipinski definition) is 8. The predicted molar refractivity (Wildman–Crippen MR) is 125 cm³/mol. The van der Waals surface area contributed by atoms with Gasteiger partial charge >= 0.3 is 0 Å². The lowest BCUT2D eigenvalue weighted by Gasteiger charge is -2.34. The van der Waals surface area contributed by atoms with Crippen LogP contribution in [0.25, 0.3) is 10.9 Å². The molecular formula is C22H26N6O3S. The lowest BCUT2D eigenvalue weighted by Crippen LogP contribution is -2.52. The number of aromatic nitrogens is 2. The third-order valence-electron chi connectivity index (χ3n) is 4.83. The number of anilines is 1. The molecule has 0 saturated carbocycles. The number of nitrogens with zero attached hydrogens (tertiary/aromatic N) is 4. The van der Waals surface area contributed by atoms with E-state index in [0.717, 1.165) is 21.3 Å². The van der Waals surface area contributed by atoms with E-state index in [1.54, 1.807) is 16.7 Å². The van der Waals surface area contributed by atoms with E-state index in [1.807, 2.05) is 37.3 Å². The Kier molecular flexibility index (Phi) is 7.72. The molecule has 4 rings (SSSR count). The molecule has 1 aliphatic heterocycles. The zero-order chi connectivity index (χ0) is 23.1. The first-order valence-electron chi connectivity index (χ1n) is 10.1. The number of aryl methyl sites for hydroxylation is 1. The van der Waals surface area contributed by atoms with E-state index in [9.17, 15) is 9.59 Å². The minimum Gasteiger partial charge on any atom is -0.474 e. The van der Waals surface area contributed by atoms with Crippen molar-refractivity contribution in [3.8, 4) is 5.06 Å². The maximum atomic E-state index is 12.6. The summed E-state index contributed by atoms with van der Waals surface area (Å²) in [7, 11) is 0. The number of thiophene rings is 1. The summed E-state index contributed by atoms with van der Waals surface area (Å²) < 4.78 is 5.53. The number of benzene rings is 1. The Morgan fingerprint density at radius 1 is 1.28 bits per heavy atom. The summed E-state index contributed by atoms with van der Waals surface area (Å²) in [4.78, 5) is 37.6. The lowest BCUT2D eigenvalue weighted by molar-refractivity contribution is -0.146. The maximum Gasteiger partial charge on any atom is 0.261 e. The Morgan fingerprint density at radius 3 is 2.75 bits per heavy atom. The second kappa shape index (κ2) is 10.7. The van der Waals surface area contributed by atoms with Gasteiger partial charge in [0.2, 0.25) is 5.91 Å². The average molecular weight is 455 g/mol. The van der Waals surface area contributed by atoms with Crippen LogP contribution in [0.3, 0.4) is 0 Å². The lowest BCUT2D eigenvalue weighted by atomic mass is 10.1. The summed E-state index contributed by atoms with van der Waals surface area (Å²) in [5, 5.41) is 7.58. The Bertz CT molecular complexity index is 1120. The van der Waals surface area contributed by atoms with Gasteiger partial charge in [0.1, 0.15) is 12.1 Å². The van der Waals surface area contributed by atoms with Gasteiger partial charge in [0, 0.05) is 29.9 Å². The number of rotatable bonds is 5. The number of piperazine rings is 1. The average Bonchev–Trinajstić information content (AvgIpc) is 3.19.